The molecule has 1 aromatic heterocycles. The van der Waals surface area contributed by atoms with Gasteiger partial charge in [-0.3, -0.25) is 0 Å². The summed E-state index contributed by atoms with van der Waals surface area (Å²) in [4.78, 5) is 22.6. The van der Waals surface area contributed by atoms with Crippen molar-refractivity contribution in [2.75, 3.05) is 11.1 Å². The molecule has 0 saturated carbocycles. The molecule has 8 nitrogen and oxygen atoms in total. The van der Waals surface area contributed by atoms with E-state index in [-0.39, 0.29) is 23.5 Å². The van der Waals surface area contributed by atoms with Crippen LogP contribution in [-0.2, 0) is 0 Å². The molecule has 0 fully saturated rings. The number of nitrogens with zero attached hydrogens (tertiary/aromatic N) is 3. The summed E-state index contributed by atoms with van der Waals surface area (Å²) in [6.07, 6.45) is 0. The van der Waals surface area contributed by atoms with Crippen LogP contribution >= 0.6 is 0 Å². The second kappa shape index (κ2) is 6.79. The molecule has 0 radical (unpaired) electrons. The number of carboxylic acid groups (broad SMARTS) is 1. The van der Waals surface area contributed by atoms with E-state index in [1.807, 2.05) is 0 Å². The number of nitrogen functional groups attached to an aromatic ring is 1. The van der Waals surface area contributed by atoms with Gasteiger partial charge in [0.1, 0.15) is 11.6 Å². The van der Waals surface area contributed by atoms with Gasteiger partial charge in [-0.15, -0.1) is 0 Å². The largest absolute Gasteiger partial charge is 0.478 e. The van der Waals surface area contributed by atoms with E-state index in [0.29, 0.717) is 11.4 Å². The predicted octanol–water partition coefficient (Wildman–Crippen LogP) is 2.83. The lowest BCUT2D eigenvalue weighted by atomic mass is 10.2. The summed E-state index contributed by atoms with van der Waals surface area (Å²) >= 11 is 0. The van der Waals surface area contributed by atoms with Crippen LogP contribution in [0.3, 0.4) is 0 Å². The molecular formula is C16H12FN5O3. The van der Waals surface area contributed by atoms with Gasteiger partial charge in [-0.1, -0.05) is 6.07 Å². The summed E-state index contributed by atoms with van der Waals surface area (Å²) in [6.45, 7) is 0. The van der Waals surface area contributed by atoms with Crippen LogP contribution in [0.15, 0.2) is 48.5 Å². The summed E-state index contributed by atoms with van der Waals surface area (Å²) in [5.41, 5.74) is 6.18. The van der Waals surface area contributed by atoms with Crippen LogP contribution in [0.25, 0.3) is 0 Å². The second-order valence-corrected chi connectivity index (χ2v) is 4.87. The number of halogens is 1. The highest BCUT2D eigenvalue weighted by Crippen LogP contribution is 2.21. The quantitative estimate of drug-likeness (QED) is 0.647. The van der Waals surface area contributed by atoms with Crippen LogP contribution in [0.5, 0.6) is 11.8 Å². The molecule has 0 saturated heterocycles. The molecule has 0 amide bonds. The Bertz CT molecular complexity index is 918. The van der Waals surface area contributed by atoms with E-state index in [1.54, 1.807) is 6.07 Å². The minimum Gasteiger partial charge on any atom is -0.478 e. The first-order valence-electron chi connectivity index (χ1n) is 7.05. The number of anilines is 3. The van der Waals surface area contributed by atoms with E-state index in [1.165, 1.54) is 42.5 Å². The van der Waals surface area contributed by atoms with Gasteiger partial charge >= 0.3 is 12.0 Å². The Morgan fingerprint density at radius 1 is 1.12 bits per heavy atom. The average molecular weight is 341 g/mol. The number of benzene rings is 2. The first-order valence-corrected chi connectivity index (χ1v) is 7.05. The summed E-state index contributed by atoms with van der Waals surface area (Å²) in [7, 11) is 0. The van der Waals surface area contributed by atoms with Gasteiger partial charge in [0.15, 0.2) is 0 Å². The number of nitrogens with two attached hydrogens (primary N) is 1. The fourth-order valence-electron chi connectivity index (χ4n) is 1.94. The summed E-state index contributed by atoms with van der Waals surface area (Å²) in [6, 6.07) is 11.3. The number of hydrogen-bond acceptors (Lipinski definition) is 7. The third kappa shape index (κ3) is 4.16. The van der Waals surface area contributed by atoms with Crippen molar-refractivity contribution in [1.82, 2.24) is 15.0 Å². The Hall–Kier alpha value is -3.75. The first-order chi connectivity index (χ1) is 12.0. The lowest BCUT2D eigenvalue weighted by Crippen LogP contribution is -2.05. The first kappa shape index (κ1) is 16.1. The Morgan fingerprint density at radius 2 is 1.88 bits per heavy atom. The third-order valence-corrected chi connectivity index (χ3v) is 3.02. The Kier molecular flexibility index (Phi) is 4.38. The maximum Gasteiger partial charge on any atom is 0.335 e. The molecular weight excluding hydrogens is 329 g/mol. The number of hydrogen-bond donors (Lipinski definition) is 3. The van der Waals surface area contributed by atoms with E-state index in [4.69, 9.17) is 15.6 Å². The second-order valence-electron chi connectivity index (χ2n) is 4.87. The highest BCUT2D eigenvalue weighted by atomic mass is 19.1. The lowest BCUT2D eigenvalue weighted by molar-refractivity contribution is 0.0697. The van der Waals surface area contributed by atoms with Gasteiger partial charge in [0, 0.05) is 5.69 Å². The minimum atomic E-state index is -1.04. The molecule has 0 unspecified atom stereocenters. The molecule has 9 heteroatoms. The van der Waals surface area contributed by atoms with Crippen molar-refractivity contribution in [3.63, 3.8) is 0 Å². The molecule has 0 aliphatic rings. The molecule has 126 valence electrons. The van der Waals surface area contributed by atoms with Crippen molar-refractivity contribution >= 4 is 23.6 Å². The van der Waals surface area contributed by atoms with E-state index in [9.17, 15) is 9.18 Å². The van der Waals surface area contributed by atoms with E-state index in [0.717, 1.165) is 0 Å². The number of ether oxygens (including phenoxy) is 1. The number of carbonyl (C=O) groups is 1. The summed E-state index contributed by atoms with van der Waals surface area (Å²) in [5, 5.41) is 11.7. The van der Waals surface area contributed by atoms with Gasteiger partial charge in [-0.05, 0) is 42.5 Å². The molecule has 0 spiro atoms. The molecule has 2 aromatic carbocycles. The van der Waals surface area contributed by atoms with Gasteiger partial charge in [-0.2, -0.15) is 15.0 Å². The summed E-state index contributed by atoms with van der Waals surface area (Å²) < 4.78 is 18.7. The number of rotatable bonds is 5. The molecule has 0 aliphatic carbocycles. The number of aromatic carboxylic acids is 1. The van der Waals surface area contributed by atoms with Crippen LogP contribution in [-0.4, -0.2) is 26.0 Å². The topological polar surface area (TPSA) is 123 Å². The number of nitrogens with one attached hydrogen (secondary N) is 1. The molecule has 3 rings (SSSR count). The number of carboxylic acids is 1. The van der Waals surface area contributed by atoms with Crippen LogP contribution in [0.1, 0.15) is 10.4 Å². The average Bonchev–Trinajstić information content (AvgIpc) is 2.54. The van der Waals surface area contributed by atoms with E-state index < -0.39 is 11.8 Å². The van der Waals surface area contributed by atoms with Gasteiger partial charge in [0.2, 0.25) is 11.9 Å². The monoisotopic (exact) mass is 341 g/mol. The van der Waals surface area contributed by atoms with E-state index >= 15 is 0 Å². The van der Waals surface area contributed by atoms with Crippen LogP contribution < -0.4 is 15.8 Å². The summed E-state index contributed by atoms with van der Waals surface area (Å²) in [5.74, 6) is -1.15. The molecule has 25 heavy (non-hydrogen) atoms. The highest BCUT2D eigenvalue weighted by molar-refractivity contribution is 5.87. The van der Waals surface area contributed by atoms with Crippen molar-refractivity contribution < 1.29 is 19.0 Å². The zero-order valence-corrected chi connectivity index (χ0v) is 12.7. The molecule has 0 aliphatic heterocycles. The zero-order chi connectivity index (χ0) is 17.8. The molecule has 3 aromatic rings. The van der Waals surface area contributed by atoms with Crippen molar-refractivity contribution in [1.29, 1.82) is 0 Å². The fourth-order valence-corrected chi connectivity index (χ4v) is 1.94. The van der Waals surface area contributed by atoms with Crippen molar-refractivity contribution in [3.05, 3.63) is 59.9 Å². The zero-order valence-electron chi connectivity index (χ0n) is 12.7. The Morgan fingerprint density at radius 3 is 2.56 bits per heavy atom. The molecule has 0 atom stereocenters. The predicted molar refractivity (Wildman–Crippen MR) is 87.4 cm³/mol. The van der Waals surface area contributed by atoms with Crippen LogP contribution in [0.2, 0.25) is 0 Å². The fraction of sp³-hybridized carbons (Fsp3) is 0. The molecule has 1 heterocycles. The normalized spacial score (nSPS) is 10.3. The standard InChI is InChI=1S/C16H12FN5O3/c17-10-2-1-3-11(8-10)19-15-20-14(18)21-16(22-15)25-12-6-4-9(5-7-12)13(23)24/h1-8H,(H,23,24)(H3,18,19,20,21,22). The van der Waals surface area contributed by atoms with E-state index in [2.05, 4.69) is 20.3 Å². The Balaban J connectivity index is 1.80. The van der Waals surface area contributed by atoms with Crippen LogP contribution in [0, 0.1) is 5.82 Å². The maximum atomic E-state index is 13.2. The number of aromatic nitrogens is 3. The third-order valence-electron chi connectivity index (χ3n) is 3.02. The van der Waals surface area contributed by atoms with Gasteiger partial charge in [-0.25, -0.2) is 9.18 Å². The van der Waals surface area contributed by atoms with Crippen molar-refractivity contribution in [2.45, 2.75) is 0 Å². The minimum absolute atomic E-state index is 0.0789. The maximum absolute atomic E-state index is 13.2. The Labute approximate surface area is 141 Å². The molecule has 0 bridgehead atoms. The SMILES string of the molecule is Nc1nc(Nc2cccc(F)c2)nc(Oc2ccc(C(=O)O)cc2)n1. The van der Waals surface area contributed by atoms with Crippen molar-refractivity contribution in [2.24, 2.45) is 0 Å². The van der Waals surface area contributed by atoms with Crippen molar-refractivity contribution in [3.8, 4) is 11.8 Å². The molecule has 4 N–H and O–H groups in total. The van der Waals surface area contributed by atoms with Gasteiger partial charge in [0.25, 0.3) is 0 Å². The highest BCUT2D eigenvalue weighted by Gasteiger charge is 2.09. The lowest BCUT2D eigenvalue weighted by Gasteiger charge is -2.08. The van der Waals surface area contributed by atoms with Crippen LogP contribution in [0.4, 0.5) is 22.0 Å². The smallest absolute Gasteiger partial charge is 0.335 e. The van der Waals surface area contributed by atoms with Gasteiger partial charge < -0.3 is 20.9 Å². The van der Waals surface area contributed by atoms with Gasteiger partial charge in [0.05, 0.1) is 5.56 Å².